The third-order valence-electron chi connectivity index (χ3n) is 7.35. The molecule has 2 amide bonds. The molecule has 1 aliphatic heterocycles. The summed E-state index contributed by atoms with van der Waals surface area (Å²) in [5.41, 5.74) is 1.67. The molecule has 1 aromatic heterocycles. The van der Waals surface area contributed by atoms with Crippen molar-refractivity contribution in [1.29, 1.82) is 0 Å². The highest BCUT2D eigenvalue weighted by Gasteiger charge is 2.38. The van der Waals surface area contributed by atoms with Gasteiger partial charge in [0.25, 0.3) is 0 Å². The van der Waals surface area contributed by atoms with E-state index in [0.29, 0.717) is 25.3 Å². The van der Waals surface area contributed by atoms with Crippen LogP contribution in [0.25, 0.3) is 10.8 Å². The number of aromatic amines is 1. The molecule has 2 heterocycles. The van der Waals surface area contributed by atoms with E-state index in [-0.39, 0.29) is 37.1 Å². The highest BCUT2D eigenvalue weighted by atomic mass is 32.2. The van der Waals surface area contributed by atoms with Gasteiger partial charge < -0.3 is 25.4 Å². The minimum Gasteiger partial charge on any atom is -0.480 e. The van der Waals surface area contributed by atoms with Crippen molar-refractivity contribution in [3.63, 3.8) is 0 Å². The predicted octanol–water partition coefficient (Wildman–Crippen LogP) is 2.24. The van der Waals surface area contributed by atoms with Gasteiger partial charge in [0, 0.05) is 38.1 Å². The van der Waals surface area contributed by atoms with Gasteiger partial charge >= 0.3 is 18.1 Å². The fraction of sp³-hybridized carbons (Fsp3) is 0.433. The molecule has 1 saturated heterocycles. The van der Waals surface area contributed by atoms with Gasteiger partial charge in [0.05, 0.1) is 30.7 Å². The summed E-state index contributed by atoms with van der Waals surface area (Å²) in [7, 11) is -3.39. The Morgan fingerprint density at radius 1 is 1.13 bits per heavy atom. The average molecular weight is 684 g/mol. The lowest BCUT2D eigenvalue weighted by Crippen LogP contribution is -2.49. The van der Waals surface area contributed by atoms with E-state index in [1.54, 1.807) is 6.20 Å². The SMILES string of the molecule is CS(=O)(=O)CCC(NC(=O)CN(Cc1cccc2ccccc12)C[C@@H]1CCCN1C(=O)Cc1c[nH]cn1)C(=O)O.O=C(O)C(F)(F)F. The number of aliphatic carboxylic acids is 2. The molecule has 2 atom stereocenters. The van der Waals surface area contributed by atoms with Gasteiger partial charge in [-0.1, -0.05) is 42.5 Å². The van der Waals surface area contributed by atoms with E-state index >= 15 is 0 Å². The minimum absolute atomic E-state index is 0.0316. The predicted molar refractivity (Wildman–Crippen MR) is 164 cm³/mol. The monoisotopic (exact) mass is 683 g/mol. The van der Waals surface area contributed by atoms with E-state index in [4.69, 9.17) is 9.90 Å². The van der Waals surface area contributed by atoms with Crippen molar-refractivity contribution in [3.8, 4) is 0 Å². The molecule has 0 bridgehead atoms. The second-order valence-electron chi connectivity index (χ2n) is 11.1. The number of carboxylic acid groups (broad SMARTS) is 2. The summed E-state index contributed by atoms with van der Waals surface area (Å²) < 4.78 is 54.9. The number of hydrogen-bond donors (Lipinski definition) is 4. The van der Waals surface area contributed by atoms with Gasteiger partial charge in [0.15, 0.2) is 0 Å². The maximum Gasteiger partial charge on any atom is 0.490 e. The molecular weight excluding hydrogens is 647 g/mol. The quantitative estimate of drug-likeness (QED) is 0.208. The summed E-state index contributed by atoms with van der Waals surface area (Å²) in [5.74, 6) is -4.94. The van der Waals surface area contributed by atoms with Crippen LogP contribution < -0.4 is 5.32 Å². The minimum atomic E-state index is -5.08. The molecular formula is C30H36F3N5O8S. The Morgan fingerprint density at radius 3 is 2.43 bits per heavy atom. The second-order valence-corrected chi connectivity index (χ2v) is 13.4. The molecule has 2 aromatic carbocycles. The number of halogens is 3. The Hall–Kier alpha value is -4.51. The number of hydrogen-bond acceptors (Lipinski definition) is 8. The fourth-order valence-electron chi connectivity index (χ4n) is 5.18. The van der Waals surface area contributed by atoms with Crippen LogP contribution in [0, 0.1) is 0 Å². The third kappa shape index (κ3) is 12.0. The average Bonchev–Trinajstić information content (AvgIpc) is 3.67. The van der Waals surface area contributed by atoms with Crippen LogP contribution in [-0.2, 0) is 42.0 Å². The zero-order valence-corrected chi connectivity index (χ0v) is 26.3. The van der Waals surface area contributed by atoms with Crippen LogP contribution in [0.3, 0.4) is 0 Å². The highest BCUT2D eigenvalue weighted by molar-refractivity contribution is 7.90. The lowest BCUT2D eigenvalue weighted by Gasteiger charge is -2.31. The number of H-pyrrole nitrogens is 1. The Kier molecular flexibility index (Phi) is 12.9. The van der Waals surface area contributed by atoms with E-state index in [1.165, 1.54) is 6.33 Å². The molecule has 47 heavy (non-hydrogen) atoms. The van der Waals surface area contributed by atoms with Crippen LogP contribution in [0.4, 0.5) is 13.2 Å². The van der Waals surface area contributed by atoms with Gasteiger partial charge in [-0.3, -0.25) is 14.5 Å². The summed E-state index contributed by atoms with van der Waals surface area (Å²) in [5, 5.41) is 21.3. The first-order valence-electron chi connectivity index (χ1n) is 14.5. The number of amides is 2. The fourth-order valence-corrected chi connectivity index (χ4v) is 5.85. The first kappa shape index (κ1) is 37.0. The molecule has 0 saturated carbocycles. The molecule has 256 valence electrons. The van der Waals surface area contributed by atoms with Gasteiger partial charge in [-0.2, -0.15) is 13.2 Å². The Labute approximate surface area is 268 Å². The maximum atomic E-state index is 13.1. The molecule has 0 aliphatic carbocycles. The molecule has 13 nitrogen and oxygen atoms in total. The summed E-state index contributed by atoms with van der Waals surface area (Å²) in [4.78, 5) is 57.6. The van der Waals surface area contributed by atoms with Gasteiger partial charge in [-0.05, 0) is 35.6 Å². The van der Waals surface area contributed by atoms with E-state index in [1.807, 2.05) is 52.3 Å². The number of carboxylic acids is 2. The Bertz CT molecular complexity index is 1650. The first-order chi connectivity index (χ1) is 22.0. The van der Waals surface area contributed by atoms with E-state index in [9.17, 15) is 41.1 Å². The van der Waals surface area contributed by atoms with Crippen molar-refractivity contribution in [2.75, 3.05) is 31.6 Å². The van der Waals surface area contributed by atoms with Gasteiger partial charge in [-0.25, -0.2) is 23.0 Å². The van der Waals surface area contributed by atoms with Crippen LogP contribution in [0.2, 0.25) is 0 Å². The number of fused-ring (bicyclic) bond motifs is 1. The van der Waals surface area contributed by atoms with Gasteiger partial charge in [0.1, 0.15) is 15.9 Å². The number of sulfone groups is 1. The molecule has 0 spiro atoms. The van der Waals surface area contributed by atoms with E-state index in [2.05, 4.69) is 15.3 Å². The van der Waals surface area contributed by atoms with Crippen molar-refractivity contribution in [2.24, 2.45) is 0 Å². The lowest BCUT2D eigenvalue weighted by atomic mass is 10.0. The number of likely N-dealkylation sites (tertiary alicyclic amines) is 1. The molecule has 3 aromatic rings. The number of aromatic nitrogens is 2. The van der Waals surface area contributed by atoms with Crippen LogP contribution in [0.5, 0.6) is 0 Å². The normalized spacial score (nSPS) is 15.6. The summed E-state index contributed by atoms with van der Waals surface area (Å²) in [6.07, 6.45) is 0.772. The third-order valence-corrected chi connectivity index (χ3v) is 8.33. The van der Waals surface area contributed by atoms with Crippen molar-refractivity contribution in [1.82, 2.24) is 25.1 Å². The molecule has 0 radical (unpaired) electrons. The number of carbonyl (C=O) groups is 4. The molecule has 4 N–H and O–H groups in total. The summed E-state index contributed by atoms with van der Waals surface area (Å²) in [6, 6.07) is 12.5. The second kappa shape index (κ2) is 16.4. The molecule has 1 aliphatic rings. The maximum absolute atomic E-state index is 13.1. The van der Waals surface area contributed by atoms with Crippen LogP contribution in [-0.4, -0.2) is 112 Å². The number of imidazole rings is 1. The first-order valence-corrected chi connectivity index (χ1v) is 16.6. The Morgan fingerprint density at radius 2 is 1.81 bits per heavy atom. The highest BCUT2D eigenvalue weighted by Crippen LogP contribution is 2.23. The van der Waals surface area contributed by atoms with Crippen LogP contribution in [0.1, 0.15) is 30.5 Å². The summed E-state index contributed by atoms with van der Waals surface area (Å²) >= 11 is 0. The van der Waals surface area contributed by atoms with Crippen molar-refractivity contribution >= 4 is 44.4 Å². The van der Waals surface area contributed by atoms with Gasteiger partial charge in [-0.15, -0.1) is 0 Å². The van der Waals surface area contributed by atoms with E-state index < -0.39 is 39.9 Å². The number of rotatable bonds is 13. The molecule has 1 unspecified atom stereocenters. The Balaban J connectivity index is 0.000000771. The smallest absolute Gasteiger partial charge is 0.480 e. The standard InChI is InChI=1S/C28H35N5O6S.C2HF3O2/c1-40(38,39)13-11-25(28(36)37)31-26(34)18-32(16-21-8-4-7-20-6-2-3-10-24(20)21)17-23-9-5-12-33(23)27(35)14-22-15-29-19-30-22;3-2(4,5)1(6)7/h2-4,6-8,10,15,19,23,25H,5,9,11-14,16-18H2,1H3,(H,29,30)(H,31,34)(H,36,37);(H,6,7)/t23-,25?;/m0./s1. The molecule has 17 heteroatoms. The largest absolute Gasteiger partial charge is 0.490 e. The zero-order valence-electron chi connectivity index (χ0n) is 25.4. The van der Waals surface area contributed by atoms with Crippen molar-refractivity contribution < 1.29 is 51.0 Å². The molecule has 4 rings (SSSR count). The van der Waals surface area contributed by atoms with Crippen LogP contribution >= 0.6 is 0 Å². The number of nitrogens with zero attached hydrogens (tertiary/aromatic N) is 3. The zero-order chi connectivity index (χ0) is 34.8. The van der Waals surface area contributed by atoms with Crippen molar-refractivity contribution in [2.45, 2.75) is 50.5 Å². The number of benzene rings is 2. The van der Waals surface area contributed by atoms with Gasteiger partial charge in [0.2, 0.25) is 11.8 Å². The lowest BCUT2D eigenvalue weighted by molar-refractivity contribution is -0.192. The number of alkyl halides is 3. The number of carbonyl (C=O) groups excluding carboxylic acids is 2. The van der Waals surface area contributed by atoms with E-state index in [0.717, 1.165) is 35.4 Å². The number of nitrogens with one attached hydrogen (secondary N) is 2. The summed E-state index contributed by atoms with van der Waals surface area (Å²) in [6.45, 7) is 1.34. The van der Waals surface area contributed by atoms with Crippen LogP contribution in [0.15, 0.2) is 55.0 Å². The van der Waals surface area contributed by atoms with Crippen molar-refractivity contribution in [3.05, 3.63) is 66.2 Å². The molecule has 1 fully saturated rings. The topological polar surface area (TPSA) is 190 Å².